The van der Waals surface area contributed by atoms with Gasteiger partial charge in [0, 0.05) is 19.5 Å². The van der Waals surface area contributed by atoms with Gasteiger partial charge in [0.2, 0.25) is 5.91 Å². The summed E-state index contributed by atoms with van der Waals surface area (Å²) < 4.78 is 5.71. The zero-order valence-corrected chi connectivity index (χ0v) is 11.0. The summed E-state index contributed by atoms with van der Waals surface area (Å²) in [6.45, 7) is 6.47. The average Bonchev–Trinajstić information content (AvgIpc) is 2.55. The molecule has 1 amide bonds. The van der Waals surface area contributed by atoms with Gasteiger partial charge in [0.15, 0.2) is 0 Å². The number of ether oxygens (including phenoxy) is 1. The van der Waals surface area contributed by atoms with Crippen molar-refractivity contribution in [3.05, 3.63) is 18.2 Å². The van der Waals surface area contributed by atoms with E-state index in [0.717, 1.165) is 36.6 Å². The SMILES string of the molecule is CCCOc1cccc2c1NC(=O)CCN2CC. The van der Waals surface area contributed by atoms with Crippen molar-refractivity contribution in [2.24, 2.45) is 0 Å². The van der Waals surface area contributed by atoms with Crippen LogP contribution in [0.3, 0.4) is 0 Å². The van der Waals surface area contributed by atoms with Gasteiger partial charge in [0.05, 0.1) is 12.3 Å². The third-order valence-electron chi connectivity index (χ3n) is 3.06. The van der Waals surface area contributed by atoms with Crippen LogP contribution < -0.4 is 15.0 Å². The Labute approximate surface area is 108 Å². The number of benzene rings is 1. The standard InChI is InChI=1S/C14H20N2O2/c1-3-10-18-12-7-5-6-11-14(12)15-13(17)8-9-16(11)4-2/h5-7H,3-4,8-10H2,1-2H3,(H,15,17). The summed E-state index contributed by atoms with van der Waals surface area (Å²) in [5, 5.41) is 2.96. The maximum absolute atomic E-state index is 11.7. The molecule has 1 N–H and O–H groups in total. The molecule has 0 spiro atoms. The Kier molecular flexibility index (Phi) is 4.07. The highest BCUT2D eigenvalue weighted by atomic mass is 16.5. The lowest BCUT2D eigenvalue weighted by Gasteiger charge is -2.23. The Morgan fingerprint density at radius 2 is 2.22 bits per heavy atom. The molecule has 0 saturated heterocycles. The second-order valence-electron chi connectivity index (χ2n) is 4.38. The molecule has 98 valence electrons. The van der Waals surface area contributed by atoms with Gasteiger partial charge in [0.25, 0.3) is 0 Å². The van der Waals surface area contributed by atoms with Crippen LogP contribution in [-0.2, 0) is 4.79 Å². The first-order valence-corrected chi connectivity index (χ1v) is 6.56. The monoisotopic (exact) mass is 248 g/mol. The van der Waals surface area contributed by atoms with E-state index in [-0.39, 0.29) is 5.91 Å². The molecule has 0 fully saturated rings. The second-order valence-corrected chi connectivity index (χ2v) is 4.38. The van der Waals surface area contributed by atoms with Crippen LogP contribution in [0.25, 0.3) is 0 Å². The van der Waals surface area contributed by atoms with Crippen LogP contribution in [0.15, 0.2) is 18.2 Å². The van der Waals surface area contributed by atoms with E-state index in [1.807, 2.05) is 18.2 Å². The van der Waals surface area contributed by atoms with Gasteiger partial charge in [-0.25, -0.2) is 0 Å². The van der Waals surface area contributed by atoms with Gasteiger partial charge >= 0.3 is 0 Å². The number of nitrogens with zero attached hydrogens (tertiary/aromatic N) is 1. The minimum atomic E-state index is 0.0553. The molecular weight excluding hydrogens is 228 g/mol. The van der Waals surface area contributed by atoms with E-state index < -0.39 is 0 Å². The Morgan fingerprint density at radius 1 is 1.39 bits per heavy atom. The lowest BCUT2D eigenvalue weighted by atomic mass is 10.2. The highest BCUT2D eigenvalue weighted by Gasteiger charge is 2.20. The zero-order valence-electron chi connectivity index (χ0n) is 11.0. The predicted molar refractivity (Wildman–Crippen MR) is 73.4 cm³/mol. The molecule has 1 heterocycles. The van der Waals surface area contributed by atoms with Crippen molar-refractivity contribution in [2.45, 2.75) is 26.7 Å². The minimum Gasteiger partial charge on any atom is -0.491 e. The van der Waals surface area contributed by atoms with Crippen molar-refractivity contribution in [1.82, 2.24) is 0 Å². The molecular formula is C14H20N2O2. The van der Waals surface area contributed by atoms with Gasteiger partial charge in [0.1, 0.15) is 11.4 Å². The quantitative estimate of drug-likeness (QED) is 0.890. The molecule has 2 rings (SSSR count). The van der Waals surface area contributed by atoms with Crippen LogP contribution in [0.4, 0.5) is 11.4 Å². The number of carbonyl (C=O) groups excluding carboxylic acids is 1. The van der Waals surface area contributed by atoms with Crippen LogP contribution >= 0.6 is 0 Å². The fraction of sp³-hybridized carbons (Fsp3) is 0.500. The van der Waals surface area contributed by atoms with Crippen LogP contribution in [0, 0.1) is 0 Å². The third-order valence-corrected chi connectivity index (χ3v) is 3.06. The molecule has 0 aromatic heterocycles. The van der Waals surface area contributed by atoms with E-state index >= 15 is 0 Å². The summed E-state index contributed by atoms with van der Waals surface area (Å²) in [6, 6.07) is 5.92. The number of hydrogen-bond acceptors (Lipinski definition) is 3. The maximum atomic E-state index is 11.7. The molecule has 18 heavy (non-hydrogen) atoms. The Morgan fingerprint density at radius 3 is 2.94 bits per heavy atom. The lowest BCUT2D eigenvalue weighted by molar-refractivity contribution is -0.115. The smallest absolute Gasteiger partial charge is 0.226 e. The van der Waals surface area contributed by atoms with E-state index in [1.54, 1.807) is 0 Å². The Balaban J connectivity index is 2.37. The molecule has 4 heteroatoms. The first-order chi connectivity index (χ1) is 8.76. The Bertz CT molecular complexity index is 432. The first kappa shape index (κ1) is 12.7. The van der Waals surface area contributed by atoms with Gasteiger partial charge in [-0.3, -0.25) is 4.79 Å². The fourth-order valence-electron chi connectivity index (χ4n) is 2.13. The minimum absolute atomic E-state index is 0.0553. The molecule has 0 radical (unpaired) electrons. The number of fused-ring (bicyclic) bond motifs is 1. The molecule has 1 aromatic carbocycles. The largest absolute Gasteiger partial charge is 0.491 e. The summed E-state index contributed by atoms with van der Waals surface area (Å²) in [7, 11) is 0. The molecule has 0 bridgehead atoms. The van der Waals surface area contributed by atoms with Crippen molar-refractivity contribution in [3.63, 3.8) is 0 Å². The highest BCUT2D eigenvalue weighted by molar-refractivity contribution is 5.98. The second kappa shape index (κ2) is 5.76. The van der Waals surface area contributed by atoms with E-state index in [4.69, 9.17) is 4.74 Å². The number of rotatable bonds is 4. The number of anilines is 2. The maximum Gasteiger partial charge on any atom is 0.226 e. The van der Waals surface area contributed by atoms with E-state index in [2.05, 4.69) is 24.1 Å². The predicted octanol–water partition coefficient (Wildman–Crippen LogP) is 2.64. The highest BCUT2D eigenvalue weighted by Crippen LogP contribution is 2.36. The topological polar surface area (TPSA) is 41.6 Å². The van der Waals surface area contributed by atoms with Gasteiger partial charge in [-0.1, -0.05) is 13.0 Å². The van der Waals surface area contributed by atoms with Crippen molar-refractivity contribution < 1.29 is 9.53 Å². The van der Waals surface area contributed by atoms with Crippen molar-refractivity contribution in [2.75, 3.05) is 29.9 Å². The summed E-state index contributed by atoms with van der Waals surface area (Å²) in [5.41, 5.74) is 1.87. The van der Waals surface area contributed by atoms with Crippen molar-refractivity contribution >= 4 is 17.3 Å². The Hall–Kier alpha value is -1.71. The van der Waals surface area contributed by atoms with Gasteiger partial charge < -0.3 is 15.0 Å². The summed E-state index contributed by atoms with van der Waals surface area (Å²) in [4.78, 5) is 13.9. The molecule has 0 atom stereocenters. The average molecular weight is 248 g/mol. The first-order valence-electron chi connectivity index (χ1n) is 6.56. The normalized spacial score (nSPS) is 14.8. The van der Waals surface area contributed by atoms with Crippen molar-refractivity contribution in [3.8, 4) is 5.75 Å². The molecule has 1 aliphatic rings. The summed E-state index contributed by atoms with van der Waals surface area (Å²) in [5.74, 6) is 0.822. The molecule has 1 aliphatic heterocycles. The third kappa shape index (κ3) is 2.58. The van der Waals surface area contributed by atoms with Crippen LogP contribution in [-0.4, -0.2) is 25.6 Å². The summed E-state index contributed by atoms with van der Waals surface area (Å²) in [6.07, 6.45) is 1.48. The molecule has 1 aromatic rings. The fourth-order valence-corrected chi connectivity index (χ4v) is 2.13. The molecule has 0 saturated carbocycles. The number of hydrogen-bond donors (Lipinski definition) is 1. The van der Waals surface area contributed by atoms with E-state index in [0.29, 0.717) is 13.0 Å². The number of nitrogens with one attached hydrogen (secondary N) is 1. The summed E-state index contributed by atoms with van der Waals surface area (Å²) >= 11 is 0. The number of amides is 1. The lowest BCUT2D eigenvalue weighted by Crippen LogP contribution is -2.23. The van der Waals surface area contributed by atoms with Crippen molar-refractivity contribution in [1.29, 1.82) is 0 Å². The van der Waals surface area contributed by atoms with Gasteiger partial charge in [-0.05, 0) is 25.5 Å². The van der Waals surface area contributed by atoms with E-state index in [9.17, 15) is 4.79 Å². The molecule has 0 unspecified atom stereocenters. The van der Waals surface area contributed by atoms with E-state index in [1.165, 1.54) is 0 Å². The number of para-hydroxylation sites is 1. The molecule has 4 nitrogen and oxygen atoms in total. The van der Waals surface area contributed by atoms with Crippen LogP contribution in [0.2, 0.25) is 0 Å². The van der Waals surface area contributed by atoms with Crippen LogP contribution in [0.5, 0.6) is 5.75 Å². The van der Waals surface area contributed by atoms with Gasteiger partial charge in [-0.2, -0.15) is 0 Å². The van der Waals surface area contributed by atoms with Gasteiger partial charge in [-0.15, -0.1) is 0 Å². The van der Waals surface area contributed by atoms with Crippen LogP contribution in [0.1, 0.15) is 26.7 Å². The zero-order chi connectivity index (χ0) is 13.0. The number of carbonyl (C=O) groups is 1. The molecule has 0 aliphatic carbocycles.